The van der Waals surface area contributed by atoms with Crippen LogP contribution < -0.4 is 11.2 Å². The molecule has 11 nitrogen and oxygen atoms in total. The molecule has 0 aliphatic carbocycles. The summed E-state index contributed by atoms with van der Waals surface area (Å²) in [5.74, 6) is 0. The monoisotopic (exact) mass is 354 g/mol. The summed E-state index contributed by atoms with van der Waals surface area (Å²) in [6, 6.07) is 0. The van der Waals surface area contributed by atoms with Gasteiger partial charge in [-0.1, -0.05) is 0 Å². The highest BCUT2D eigenvalue weighted by Crippen LogP contribution is 2.33. The number of rotatable bonds is 2. The van der Waals surface area contributed by atoms with E-state index >= 15 is 0 Å². The first kappa shape index (κ1) is 19.7. The number of hydrogen-bond acceptors (Lipinski definition) is 6. The number of aromatic amines is 1. The number of aliphatic hydroxyl groups excluding tert-OH is 2. The molecule has 0 radical (unpaired) electrons. The third-order valence-electron chi connectivity index (χ3n) is 3.23. The number of aliphatic hydroxyl groups is 2. The predicted molar refractivity (Wildman–Crippen MR) is 76.6 cm³/mol. The lowest BCUT2D eigenvalue weighted by Gasteiger charge is -2.26. The molecule has 0 spiro atoms. The lowest BCUT2D eigenvalue weighted by molar-refractivity contribution is -0.108. The van der Waals surface area contributed by atoms with Crippen molar-refractivity contribution in [1.29, 1.82) is 0 Å². The van der Waals surface area contributed by atoms with Crippen molar-refractivity contribution < 1.29 is 34.2 Å². The van der Waals surface area contributed by atoms with E-state index in [0.717, 1.165) is 0 Å². The van der Waals surface area contributed by atoms with E-state index in [2.05, 4.69) is 4.98 Å². The number of phosphoric acid groups is 1. The molecule has 1 aromatic heterocycles. The predicted octanol–water partition coefficient (Wildman–Crippen LogP) is -2.27. The summed E-state index contributed by atoms with van der Waals surface area (Å²) in [4.78, 5) is 46.8. The average molecular weight is 354 g/mol. The Balaban J connectivity index is 0.000000463. The van der Waals surface area contributed by atoms with Crippen molar-refractivity contribution in [2.45, 2.75) is 38.2 Å². The van der Waals surface area contributed by atoms with E-state index in [1.54, 1.807) is 13.8 Å². The summed E-state index contributed by atoms with van der Waals surface area (Å²) in [7, 11) is -4.64. The molecule has 1 aliphatic heterocycles. The Morgan fingerprint density at radius 3 is 2.39 bits per heavy atom. The highest BCUT2D eigenvalue weighted by molar-refractivity contribution is 7.45. The number of hydrogen-bond donors (Lipinski definition) is 6. The first-order chi connectivity index (χ1) is 10.4. The zero-order chi connectivity index (χ0) is 18.0. The summed E-state index contributed by atoms with van der Waals surface area (Å²) < 4.78 is 15.6. The van der Waals surface area contributed by atoms with Crippen LogP contribution in [-0.4, -0.2) is 53.3 Å². The van der Waals surface area contributed by atoms with Crippen molar-refractivity contribution in [3.63, 3.8) is 0 Å². The molecular formula is C11H19N2O9P. The van der Waals surface area contributed by atoms with Crippen molar-refractivity contribution in [3.8, 4) is 0 Å². The topological polar surface area (TPSA) is 182 Å². The lowest BCUT2D eigenvalue weighted by Crippen LogP contribution is -2.43. The van der Waals surface area contributed by atoms with Crippen LogP contribution >= 0.6 is 7.82 Å². The number of nitrogens with one attached hydrogen (secondary N) is 1. The van der Waals surface area contributed by atoms with Gasteiger partial charge in [0.1, 0.15) is 11.8 Å². The maximum absolute atomic E-state index is 11.8. The van der Waals surface area contributed by atoms with Gasteiger partial charge in [0.05, 0.1) is 12.7 Å². The van der Waals surface area contributed by atoms with Gasteiger partial charge in [0.2, 0.25) is 0 Å². The first-order valence-corrected chi connectivity index (χ1v) is 8.02. The van der Waals surface area contributed by atoms with Crippen molar-refractivity contribution in [2.75, 3.05) is 6.61 Å². The molecular weight excluding hydrogens is 335 g/mol. The lowest BCUT2D eigenvalue weighted by atomic mass is 10.1. The quantitative estimate of drug-likeness (QED) is 0.319. The van der Waals surface area contributed by atoms with Crippen LogP contribution in [0.5, 0.6) is 0 Å². The minimum absolute atomic E-state index is 0.170. The Labute approximate surface area is 130 Å². The summed E-state index contributed by atoms with van der Waals surface area (Å²) in [6.07, 6.45) is -0.00895. The maximum atomic E-state index is 11.8. The molecule has 6 N–H and O–H groups in total. The molecule has 2 heterocycles. The van der Waals surface area contributed by atoms with Crippen molar-refractivity contribution in [3.05, 3.63) is 32.6 Å². The Kier molecular flexibility index (Phi) is 6.05. The van der Waals surface area contributed by atoms with Crippen LogP contribution in [0.25, 0.3) is 0 Å². The number of ether oxygens (including phenoxy) is 1. The molecule has 1 saturated heterocycles. The Hall–Kier alpha value is -1.33. The highest BCUT2D eigenvalue weighted by atomic mass is 31.2. The van der Waals surface area contributed by atoms with Gasteiger partial charge in [-0.15, -0.1) is 0 Å². The van der Waals surface area contributed by atoms with E-state index < -0.39 is 37.0 Å². The van der Waals surface area contributed by atoms with Gasteiger partial charge in [-0.05, 0) is 13.8 Å². The molecule has 0 bridgehead atoms. The average Bonchev–Trinajstić information content (AvgIpc) is 2.67. The molecule has 2 rings (SSSR count). The normalized spacial score (nSPS) is 27.4. The van der Waals surface area contributed by atoms with Crippen LogP contribution in [0.4, 0.5) is 0 Å². The van der Waals surface area contributed by atoms with E-state index in [9.17, 15) is 14.7 Å². The summed E-state index contributed by atoms with van der Waals surface area (Å²) in [6.45, 7) is 2.88. The number of nitrogens with zero attached hydrogens (tertiary/aromatic N) is 1. The fraction of sp³-hybridized carbons (Fsp3) is 0.636. The zero-order valence-electron chi connectivity index (χ0n) is 12.4. The number of H-pyrrole nitrogens is 1. The van der Waals surface area contributed by atoms with Gasteiger partial charge in [-0.25, -0.2) is 9.36 Å². The number of aryl methyl sites for hydroxylation is 1. The molecule has 1 fully saturated rings. The molecule has 1 aromatic rings. The molecule has 23 heavy (non-hydrogen) atoms. The molecule has 0 unspecified atom stereocenters. The summed E-state index contributed by atoms with van der Waals surface area (Å²) in [5.41, 5.74) is -1.74. The van der Waals surface area contributed by atoms with Crippen LogP contribution in [0.15, 0.2) is 15.8 Å². The van der Waals surface area contributed by atoms with Crippen LogP contribution in [0, 0.1) is 6.92 Å². The molecule has 0 amide bonds. The van der Waals surface area contributed by atoms with Gasteiger partial charge in [-0.2, -0.15) is 0 Å². The fourth-order valence-corrected chi connectivity index (χ4v) is 2.20. The second kappa shape index (κ2) is 7.05. The fourth-order valence-electron chi connectivity index (χ4n) is 2.20. The van der Waals surface area contributed by atoms with Gasteiger partial charge in [0, 0.05) is 18.2 Å². The van der Waals surface area contributed by atoms with Crippen LogP contribution in [0.1, 0.15) is 18.9 Å². The number of aromatic nitrogens is 2. The zero-order valence-corrected chi connectivity index (χ0v) is 13.3. The van der Waals surface area contributed by atoms with E-state index in [4.69, 9.17) is 29.1 Å². The largest absolute Gasteiger partial charge is 0.466 e. The summed E-state index contributed by atoms with van der Waals surface area (Å²) >= 11 is 0. The molecule has 1 aliphatic rings. The van der Waals surface area contributed by atoms with E-state index in [1.807, 2.05) is 0 Å². The minimum atomic E-state index is -4.64. The standard InChI is InChI=1S/C11H16N2O5.H3O4P/c1-6-4-13(10(17)12-9(6)16)11(2)3-7(15)8(5-14)18-11;1-5(2,3)4/h4,7-8,14-15H,3,5H2,1-2H3,(H,12,16,17);(H3,1,2,3,4)/t7-,8+,11+;/m0./s1. The smallest absolute Gasteiger partial charge is 0.394 e. The van der Waals surface area contributed by atoms with Gasteiger partial charge < -0.3 is 29.6 Å². The van der Waals surface area contributed by atoms with Crippen LogP contribution in [0.2, 0.25) is 0 Å². The van der Waals surface area contributed by atoms with Crippen molar-refractivity contribution >= 4 is 7.82 Å². The molecule has 0 aromatic carbocycles. The van der Waals surface area contributed by atoms with Crippen molar-refractivity contribution in [2.24, 2.45) is 0 Å². The van der Waals surface area contributed by atoms with E-state index in [0.29, 0.717) is 5.56 Å². The molecule has 132 valence electrons. The van der Waals surface area contributed by atoms with Gasteiger partial charge in [0.25, 0.3) is 5.56 Å². The maximum Gasteiger partial charge on any atom is 0.466 e. The summed E-state index contributed by atoms with van der Waals surface area (Å²) in [5, 5.41) is 18.8. The van der Waals surface area contributed by atoms with E-state index in [-0.39, 0.29) is 13.0 Å². The third kappa shape index (κ3) is 5.36. The third-order valence-corrected chi connectivity index (χ3v) is 3.23. The van der Waals surface area contributed by atoms with Gasteiger partial charge in [-0.3, -0.25) is 14.3 Å². The molecule has 0 saturated carbocycles. The van der Waals surface area contributed by atoms with Gasteiger partial charge >= 0.3 is 13.5 Å². The Morgan fingerprint density at radius 1 is 1.43 bits per heavy atom. The van der Waals surface area contributed by atoms with E-state index in [1.165, 1.54) is 10.8 Å². The Bertz CT molecular complexity index is 700. The van der Waals surface area contributed by atoms with Crippen LogP contribution in [0.3, 0.4) is 0 Å². The SMILES string of the molecule is Cc1cn([C@@]2(C)C[C@H](O)[C@@H](CO)O2)c(=O)[nH]c1=O.O=P(O)(O)O. The first-order valence-electron chi connectivity index (χ1n) is 6.45. The Morgan fingerprint density at radius 2 is 1.96 bits per heavy atom. The second-order valence-corrected chi connectivity index (χ2v) is 6.27. The van der Waals surface area contributed by atoms with Crippen LogP contribution in [-0.2, 0) is 15.0 Å². The highest BCUT2D eigenvalue weighted by Gasteiger charge is 2.44. The molecule has 3 atom stereocenters. The minimum Gasteiger partial charge on any atom is -0.394 e. The molecule has 12 heteroatoms. The second-order valence-electron chi connectivity index (χ2n) is 5.24. The van der Waals surface area contributed by atoms with Crippen molar-refractivity contribution in [1.82, 2.24) is 9.55 Å². The van der Waals surface area contributed by atoms with Gasteiger partial charge in [0.15, 0.2) is 0 Å².